The summed E-state index contributed by atoms with van der Waals surface area (Å²) in [5, 5.41) is 9.27. The number of hydrogen-bond acceptors (Lipinski definition) is 3. The Morgan fingerprint density at radius 1 is 1.53 bits per heavy atom. The van der Waals surface area contributed by atoms with Crippen LogP contribution in [0.5, 0.6) is 0 Å². The van der Waals surface area contributed by atoms with Crippen LogP contribution in [-0.4, -0.2) is 64.6 Å². The minimum Gasteiger partial charge on any atom is -0.480 e. The summed E-state index contributed by atoms with van der Waals surface area (Å²) in [6.07, 6.45) is 3.65. The van der Waals surface area contributed by atoms with Crippen molar-refractivity contribution >= 4 is 23.8 Å². The number of rotatable bonds is 5. The number of carboxylic acid groups (broad SMARTS) is 1. The van der Waals surface area contributed by atoms with Crippen molar-refractivity contribution in [3.05, 3.63) is 0 Å². The van der Waals surface area contributed by atoms with Crippen molar-refractivity contribution in [3.63, 3.8) is 0 Å². The highest BCUT2D eigenvalue weighted by Gasteiger charge is 2.41. The molecule has 110 valence electrons. The van der Waals surface area contributed by atoms with E-state index in [0.29, 0.717) is 6.54 Å². The Morgan fingerprint density at radius 3 is 2.63 bits per heavy atom. The zero-order chi connectivity index (χ0) is 14.6. The standard InChI is InChI=1S/C13H24N2O3S/c1-5-10(8-19-4)14(3)13(18)15-7-6-9(2)11(15)12(16)17/h9-11H,5-8H2,1-4H3,(H,16,17). The first-order valence-electron chi connectivity index (χ1n) is 6.69. The van der Waals surface area contributed by atoms with Crippen LogP contribution in [0.3, 0.4) is 0 Å². The van der Waals surface area contributed by atoms with Gasteiger partial charge in [0.2, 0.25) is 0 Å². The number of thioether (sulfide) groups is 1. The van der Waals surface area contributed by atoms with Gasteiger partial charge in [-0.15, -0.1) is 0 Å². The second-order valence-electron chi connectivity index (χ2n) is 5.15. The zero-order valence-corrected chi connectivity index (χ0v) is 12.9. The molecule has 1 aliphatic rings. The Labute approximate surface area is 119 Å². The van der Waals surface area contributed by atoms with Gasteiger partial charge in [-0.05, 0) is 25.0 Å². The van der Waals surface area contributed by atoms with Crippen molar-refractivity contribution in [3.8, 4) is 0 Å². The third-order valence-electron chi connectivity index (χ3n) is 3.88. The molecule has 5 nitrogen and oxygen atoms in total. The van der Waals surface area contributed by atoms with Gasteiger partial charge in [0.05, 0.1) is 0 Å². The molecule has 3 unspecified atom stereocenters. The third-order valence-corrected chi connectivity index (χ3v) is 4.60. The zero-order valence-electron chi connectivity index (χ0n) is 12.1. The van der Waals surface area contributed by atoms with Gasteiger partial charge in [0.25, 0.3) is 0 Å². The predicted molar refractivity (Wildman–Crippen MR) is 77.5 cm³/mol. The molecular weight excluding hydrogens is 264 g/mol. The number of aliphatic carboxylic acids is 1. The molecule has 0 bridgehead atoms. The van der Waals surface area contributed by atoms with Crippen LogP contribution < -0.4 is 0 Å². The van der Waals surface area contributed by atoms with E-state index in [1.54, 1.807) is 23.7 Å². The molecule has 2 amide bonds. The maximum absolute atomic E-state index is 12.5. The fourth-order valence-corrected chi connectivity index (χ4v) is 3.44. The van der Waals surface area contributed by atoms with Crippen molar-refractivity contribution in [2.45, 2.75) is 38.8 Å². The van der Waals surface area contributed by atoms with Crippen molar-refractivity contribution in [2.75, 3.05) is 25.6 Å². The van der Waals surface area contributed by atoms with Crippen molar-refractivity contribution in [2.24, 2.45) is 5.92 Å². The van der Waals surface area contributed by atoms with Gasteiger partial charge in [0.1, 0.15) is 6.04 Å². The topological polar surface area (TPSA) is 60.9 Å². The van der Waals surface area contributed by atoms with E-state index < -0.39 is 12.0 Å². The molecule has 0 saturated carbocycles. The molecule has 1 heterocycles. The third kappa shape index (κ3) is 3.55. The minimum absolute atomic E-state index is 0.0236. The maximum Gasteiger partial charge on any atom is 0.326 e. The monoisotopic (exact) mass is 288 g/mol. The van der Waals surface area contributed by atoms with Gasteiger partial charge in [-0.25, -0.2) is 9.59 Å². The first-order chi connectivity index (χ1) is 8.93. The summed E-state index contributed by atoms with van der Waals surface area (Å²) < 4.78 is 0. The van der Waals surface area contributed by atoms with Crippen LogP contribution in [0.2, 0.25) is 0 Å². The molecule has 0 radical (unpaired) electrons. The molecule has 1 fully saturated rings. The summed E-state index contributed by atoms with van der Waals surface area (Å²) in [6, 6.07) is -0.674. The summed E-state index contributed by atoms with van der Waals surface area (Å²) in [5.41, 5.74) is 0. The lowest BCUT2D eigenvalue weighted by Gasteiger charge is -2.33. The molecule has 6 heteroatoms. The van der Waals surface area contributed by atoms with E-state index in [1.165, 1.54) is 4.90 Å². The van der Waals surface area contributed by atoms with Gasteiger partial charge in [0.15, 0.2) is 0 Å². The lowest BCUT2D eigenvalue weighted by atomic mass is 10.0. The van der Waals surface area contributed by atoms with Gasteiger partial charge in [-0.1, -0.05) is 13.8 Å². The lowest BCUT2D eigenvalue weighted by molar-refractivity contribution is -0.142. The molecule has 0 aromatic rings. The Morgan fingerprint density at radius 2 is 2.16 bits per heavy atom. The second-order valence-corrected chi connectivity index (χ2v) is 6.06. The van der Waals surface area contributed by atoms with Crippen LogP contribution in [0.4, 0.5) is 4.79 Å². The largest absolute Gasteiger partial charge is 0.480 e. The van der Waals surface area contributed by atoms with Crippen LogP contribution in [0.15, 0.2) is 0 Å². The van der Waals surface area contributed by atoms with E-state index >= 15 is 0 Å². The van der Waals surface area contributed by atoms with Gasteiger partial charge >= 0.3 is 12.0 Å². The molecule has 0 aromatic heterocycles. The molecule has 1 aliphatic heterocycles. The number of hydrogen-bond donors (Lipinski definition) is 1. The second kappa shape index (κ2) is 7.03. The lowest BCUT2D eigenvalue weighted by Crippen LogP contribution is -2.51. The fraction of sp³-hybridized carbons (Fsp3) is 0.846. The van der Waals surface area contributed by atoms with Crippen molar-refractivity contribution in [1.29, 1.82) is 0 Å². The number of carbonyl (C=O) groups is 2. The number of urea groups is 1. The number of carbonyl (C=O) groups excluding carboxylic acids is 1. The normalized spacial score (nSPS) is 24.3. The summed E-state index contributed by atoms with van der Waals surface area (Å²) in [7, 11) is 1.77. The highest BCUT2D eigenvalue weighted by Crippen LogP contribution is 2.26. The molecule has 0 aliphatic carbocycles. The highest BCUT2D eigenvalue weighted by atomic mass is 32.2. The van der Waals surface area contributed by atoms with E-state index in [4.69, 9.17) is 0 Å². The highest BCUT2D eigenvalue weighted by molar-refractivity contribution is 7.98. The van der Waals surface area contributed by atoms with E-state index in [1.807, 2.05) is 20.1 Å². The van der Waals surface area contributed by atoms with Crippen LogP contribution in [-0.2, 0) is 4.79 Å². The molecule has 3 atom stereocenters. The van der Waals surface area contributed by atoms with E-state index in [-0.39, 0.29) is 18.0 Å². The van der Waals surface area contributed by atoms with Crippen LogP contribution in [0, 0.1) is 5.92 Å². The average Bonchev–Trinajstić information content (AvgIpc) is 2.76. The smallest absolute Gasteiger partial charge is 0.326 e. The molecule has 1 saturated heterocycles. The number of amides is 2. The molecule has 0 spiro atoms. The molecule has 1 rings (SSSR count). The van der Waals surface area contributed by atoms with Crippen LogP contribution in [0.25, 0.3) is 0 Å². The van der Waals surface area contributed by atoms with E-state index in [2.05, 4.69) is 0 Å². The Balaban J connectivity index is 2.78. The Hall–Kier alpha value is -0.910. The summed E-state index contributed by atoms with van der Waals surface area (Å²) in [6.45, 7) is 4.48. The number of carboxylic acids is 1. The average molecular weight is 288 g/mol. The van der Waals surface area contributed by atoms with Gasteiger partial charge in [0, 0.05) is 25.4 Å². The SMILES string of the molecule is CCC(CSC)N(C)C(=O)N1CCC(C)C1C(=O)O. The van der Waals surface area contributed by atoms with Crippen LogP contribution >= 0.6 is 11.8 Å². The molecular formula is C13H24N2O3S. The fourth-order valence-electron chi connectivity index (χ4n) is 2.59. The van der Waals surface area contributed by atoms with Gasteiger partial charge in [-0.3, -0.25) is 0 Å². The quantitative estimate of drug-likeness (QED) is 0.840. The first kappa shape index (κ1) is 16.1. The van der Waals surface area contributed by atoms with Crippen molar-refractivity contribution < 1.29 is 14.7 Å². The van der Waals surface area contributed by atoms with E-state index in [9.17, 15) is 14.7 Å². The van der Waals surface area contributed by atoms with E-state index in [0.717, 1.165) is 18.6 Å². The first-order valence-corrected chi connectivity index (χ1v) is 8.08. The Bertz CT molecular complexity index is 338. The summed E-state index contributed by atoms with van der Waals surface area (Å²) in [5.74, 6) is 0.00000386. The van der Waals surface area contributed by atoms with Crippen LogP contribution in [0.1, 0.15) is 26.7 Å². The number of nitrogens with zero attached hydrogens (tertiary/aromatic N) is 2. The van der Waals surface area contributed by atoms with Crippen molar-refractivity contribution in [1.82, 2.24) is 9.80 Å². The molecule has 19 heavy (non-hydrogen) atoms. The Kier molecular flexibility index (Phi) is 5.97. The van der Waals surface area contributed by atoms with Gasteiger partial charge in [-0.2, -0.15) is 11.8 Å². The molecule has 1 N–H and O–H groups in total. The van der Waals surface area contributed by atoms with Gasteiger partial charge < -0.3 is 14.9 Å². The number of likely N-dealkylation sites (tertiary alicyclic amines) is 1. The minimum atomic E-state index is -0.898. The maximum atomic E-state index is 12.5. The summed E-state index contributed by atoms with van der Waals surface area (Å²) >= 11 is 1.70. The predicted octanol–water partition coefficient (Wildman–Crippen LogP) is 1.97. The molecule has 0 aromatic carbocycles. The summed E-state index contributed by atoms with van der Waals surface area (Å²) in [4.78, 5) is 27.0.